The lowest BCUT2D eigenvalue weighted by molar-refractivity contribution is -0.123. The molecule has 0 bridgehead atoms. The highest BCUT2D eigenvalue weighted by Gasteiger charge is 2.22. The van der Waals surface area contributed by atoms with E-state index in [4.69, 9.17) is 9.47 Å². The highest BCUT2D eigenvalue weighted by molar-refractivity contribution is 7.99. The van der Waals surface area contributed by atoms with Gasteiger partial charge < -0.3 is 14.8 Å². The number of carbonyl (C=O) groups excluding carboxylic acids is 1. The Bertz CT molecular complexity index is 705. The Labute approximate surface area is 146 Å². The number of carbonyl (C=O) groups is 1. The highest BCUT2D eigenvalue weighted by atomic mass is 32.2. The van der Waals surface area contributed by atoms with Crippen molar-refractivity contribution in [1.29, 1.82) is 0 Å². The molecule has 0 aliphatic carbocycles. The van der Waals surface area contributed by atoms with Crippen LogP contribution in [0.1, 0.15) is 24.9 Å². The van der Waals surface area contributed by atoms with Crippen LogP contribution in [-0.2, 0) is 4.79 Å². The van der Waals surface area contributed by atoms with Crippen LogP contribution in [0.2, 0.25) is 0 Å². The molecule has 1 aliphatic rings. The van der Waals surface area contributed by atoms with Crippen molar-refractivity contribution in [2.75, 3.05) is 19.0 Å². The lowest BCUT2D eigenvalue weighted by Crippen LogP contribution is -2.34. The molecule has 1 N–H and O–H groups in total. The summed E-state index contributed by atoms with van der Waals surface area (Å²) in [7, 11) is 0. The standard InChI is InChI=1S/C19H21NO3S/c1-2-22-16-8-4-5-9-17(16)23-13-19(21)20-15-11-12-24-18-10-6-3-7-14(15)18/h3-10,15H,2,11-13H2,1H3,(H,20,21)/t15-/m1/s1. The summed E-state index contributed by atoms with van der Waals surface area (Å²) in [6.45, 7) is 2.46. The molecule has 4 nitrogen and oxygen atoms in total. The van der Waals surface area contributed by atoms with Crippen LogP contribution in [0.3, 0.4) is 0 Å². The molecule has 0 saturated heterocycles. The second kappa shape index (κ2) is 8.11. The molecule has 24 heavy (non-hydrogen) atoms. The summed E-state index contributed by atoms with van der Waals surface area (Å²) in [5, 5.41) is 3.08. The van der Waals surface area contributed by atoms with E-state index < -0.39 is 0 Å². The maximum atomic E-state index is 12.3. The normalized spacial score (nSPS) is 16.1. The fourth-order valence-electron chi connectivity index (χ4n) is 2.72. The number of hydrogen-bond donors (Lipinski definition) is 1. The molecule has 0 saturated carbocycles. The number of para-hydroxylation sites is 2. The smallest absolute Gasteiger partial charge is 0.258 e. The first-order chi connectivity index (χ1) is 11.8. The van der Waals surface area contributed by atoms with Gasteiger partial charge in [-0.3, -0.25) is 4.79 Å². The molecule has 2 aromatic rings. The zero-order valence-corrected chi connectivity index (χ0v) is 14.5. The van der Waals surface area contributed by atoms with Crippen LogP contribution in [-0.4, -0.2) is 24.9 Å². The Hall–Kier alpha value is -2.14. The predicted molar refractivity (Wildman–Crippen MR) is 95.8 cm³/mol. The topological polar surface area (TPSA) is 47.6 Å². The van der Waals surface area contributed by atoms with Gasteiger partial charge >= 0.3 is 0 Å². The Morgan fingerprint density at radius 3 is 2.62 bits per heavy atom. The molecule has 1 atom stereocenters. The first kappa shape index (κ1) is 16.7. The van der Waals surface area contributed by atoms with Gasteiger partial charge in [-0.15, -0.1) is 11.8 Å². The largest absolute Gasteiger partial charge is 0.490 e. The molecule has 1 heterocycles. The van der Waals surface area contributed by atoms with Crippen molar-refractivity contribution in [3.63, 3.8) is 0 Å². The summed E-state index contributed by atoms with van der Waals surface area (Å²) in [6.07, 6.45) is 0.933. The van der Waals surface area contributed by atoms with Crippen LogP contribution in [0.25, 0.3) is 0 Å². The third-order valence-electron chi connectivity index (χ3n) is 3.80. The minimum atomic E-state index is -0.118. The van der Waals surface area contributed by atoms with Crippen molar-refractivity contribution in [1.82, 2.24) is 5.32 Å². The van der Waals surface area contributed by atoms with Crippen molar-refractivity contribution < 1.29 is 14.3 Å². The summed E-state index contributed by atoms with van der Waals surface area (Å²) in [4.78, 5) is 13.5. The average Bonchev–Trinajstić information content (AvgIpc) is 2.62. The molecule has 126 valence electrons. The molecule has 3 rings (SSSR count). The van der Waals surface area contributed by atoms with Gasteiger partial charge in [-0.25, -0.2) is 0 Å². The van der Waals surface area contributed by atoms with E-state index in [-0.39, 0.29) is 18.6 Å². The molecule has 0 aromatic heterocycles. The highest BCUT2D eigenvalue weighted by Crippen LogP contribution is 2.35. The Kier molecular flexibility index (Phi) is 5.64. The van der Waals surface area contributed by atoms with E-state index in [9.17, 15) is 4.79 Å². The van der Waals surface area contributed by atoms with Gasteiger partial charge in [0.2, 0.25) is 0 Å². The Morgan fingerprint density at radius 1 is 1.12 bits per heavy atom. The van der Waals surface area contributed by atoms with Gasteiger partial charge in [0.1, 0.15) is 0 Å². The number of fused-ring (bicyclic) bond motifs is 1. The van der Waals surface area contributed by atoms with Gasteiger partial charge in [0.05, 0.1) is 12.6 Å². The van der Waals surface area contributed by atoms with E-state index >= 15 is 0 Å². The van der Waals surface area contributed by atoms with Crippen LogP contribution in [0.4, 0.5) is 0 Å². The maximum Gasteiger partial charge on any atom is 0.258 e. The molecule has 0 radical (unpaired) electrons. The number of hydrogen-bond acceptors (Lipinski definition) is 4. The Balaban J connectivity index is 1.59. The van der Waals surface area contributed by atoms with E-state index in [0.717, 1.165) is 12.2 Å². The Morgan fingerprint density at radius 2 is 1.83 bits per heavy atom. The molecular formula is C19H21NO3S. The zero-order chi connectivity index (χ0) is 16.8. The number of rotatable bonds is 6. The number of amides is 1. The maximum absolute atomic E-state index is 12.3. The lowest BCUT2D eigenvalue weighted by atomic mass is 10.0. The molecule has 0 spiro atoms. The monoisotopic (exact) mass is 343 g/mol. The van der Waals surface area contributed by atoms with Gasteiger partial charge in [-0.2, -0.15) is 0 Å². The van der Waals surface area contributed by atoms with Gasteiger partial charge in [0.25, 0.3) is 5.91 Å². The fourth-order valence-corrected chi connectivity index (χ4v) is 3.84. The minimum Gasteiger partial charge on any atom is -0.490 e. The number of ether oxygens (including phenoxy) is 2. The van der Waals surface area contributed by atoms with Crippen LogP contribution < -0.4 is 14.8 Å². The minimum absolute atomic E-state index is 0.0180. The summed E-state index contributed by atoms with van der Waals surface area (Å²) in [6, 6.07) is 15.7. The van der Waals surface area contributed by atoms with Crippen LogP contribution in [0.5, 0.6) is 11.5 Å². The van der Waals surface area contributed by atoms with Crippen LogP contribution in [0, 0.1) is 0 Å². The molecule has 2 aromatic carbocycles. The SMILES string of the molecule is CCOc1ccccc1OCC(=O)N[C@@H]1CCSc2ccccc21. The van der Waals surface area contributed by atoms with Gasteiger partial charge in [0.15, 0.2) is 18.1 Å². The van der Waals surface area contributed by atoms with Crippen LogP contribution in [0.15, 0.2) is 53.4 Å². The first-order valence-electron chi connectivity index (χ1n) is 8.13. The van der Waals surface area contributed by atoms with Gasteiger partial charge in [-0.05, 0) is 37.1 Å². The number of nitrogens with one attached hydrogen (secondary N) is 1. The van der Waals surface area contributed by atoms with E-state index in [1.807, 2.05) is 55.1 Å². The molecule has 0 unspecified atom stereocenters. The lowest BCUT2D eigenvalue weighted by Gasteiger charge is -2.25. The van der Waals surface area contributed by atoms with Gasteiger partial charge in [0, 0.05) is 10.6 Å². The van der Waals surface area contributed by atoms with Crippen molar-refractivity contribution in [2.45, 2.75) is 24.3 Å². The number of benzene rings is 2. The second-order valence-electron chi connectivity index (χ2n) is 5.46. The first-order valence-corrected chi connectivity index (χ1v) is 9.12. The summed E-state index contributed by atoms with van der Waals surface area (Å²) < 4.78 is 11.1. The molecule has 1 amide bonds. The van der Waals surface area contributed by atoms with E-state index in [1.165, 1.54) is 10.5 Å². The van der Waals surface area contributed by atoms with E-state index in [1.54, 1.807) is 0 Å². The molecular weight excluding hydrogens is 322 g/mol. The molecule has 5 heteroatoms. The molecule has 1 aliphatic heterocycles. The summed E-state index contributed by atoms with van der Waals surface area (Å²) in [5.41, 5.74) is 1.19. The average molecular weight is 343 g/mol. The van der Waals surface area contributed by atoms with Crippen LogP contribution >= 0.6 is 11.8 Å². The fraction of sp³-hybridized carbons (Fsp3) is 0.316. The van der Waals surface area contributed by atoms with E-state index in [2.05, 4.69) is 17.4 Å². The predicted octanol–water partition coefficient (Wildman–Crippen LogP) is 3.82. The number of thioether (sulfide) groups is 1. The third-order valence-corrected chi connectivity index (χ3v) is 4.92. The van der Waals surface area contributed by atoms with Crippen molar-refractivity contribution in [3.05, 3.63) is 54.1 Å². The third kappa shape index (κ3) is 4.03. The van der Waals surface area contributed by atoms with Gasteiger partial charge in [-0.1, -0.05) is 30.3 Å². The zero-order valence-electron chi connectivity index (χ0n) is 13.7. The van der Waals surface area contributed by atoms with Crippen molar-refractivity contribution in [2.24, 2.45) is 0 Å². The molecule has 0 fully saturated rings. The van der Waals surface area contributed by atoms with Crippen molar-refractivity contribution >= 4 is 17.7 Å². The second-order valence-corrected chi connectivity index (χ2v) is 6.60. The quantitative estimate of drug-likeness (QED) is 0.866. The summed E-state index contributed by atoms with van der Waals surface area (Å²) >= 11 is 1.84. The summed E-state index contributed by atoms with van der Waals surface area (Å²) in [5.74, 6) is 2.14. The van der Waals surface area contributed by atoms with Crippen molar-refractivity contribution in [3.8, 4) is 11.5 Å². The van der Waals surface area contributed by atoms with E-state index in [0.29, 0.717) is 18.1 Å².